The summed E-state index contributed by atoms with van der Waals surface area (Å²) in [5, 5.41) is 3.75. The summed E-state index contributed by atoms with van der Waals surface area (Å²) in [5.41, 5.74) is 5.44. The summed E-state index contributed by atoms with van der Waals surface area (Å²) in [5.74, 6) is 1.59. The first-order valence-corrected chi connectivity index (χ1v) is 8.12. The van der Waals surface area contributed by atoms with E-state index < -0.39 is 0 Å². The highest BCUT2D eigenvalue weighted by molar-refractivity contribution is 5.86. The zero-order valence-electron chi connectivity index (χ0n) is 11.6. The zero-order chi connectivity index (χ0) is 13.1. The normalized spacial score (nSPS) is 49.6. The fourth-order valence-corrected chi connectivity index (χ4v) is 6.97. The van der Waals surface area contributed by atoms with Crippen LogP contribution < -0.4 is 5.32 Å². The molecule has 1 heterocycles. The number of ketones is 1. The van der Waals surface area contributed by atoms with Crippen molar-refractivity contribution in [2.75, 3.05) is 6.54 Å². The van der Waals surface area contributed by atoms with Gasteiger partial charge in [0.05, 0.1) is 0 Å². The summed E-state index contributed by atoms with van der Waals surface area (Å²) in [7, 11) is 0. The van der Waals surface area contributed by atoms with Gasteiger partial charge in [0.15, 0.2) is 0 Å². The molecular weight excluding hydrogens is 246 g/mol. The Morgan fingerprint density at radius 2 is 2.15 bits per heavy atom. The summed E-state index contributed by atoms with van der Waals surface area (Å²) in [4.78, 5) is 12.6. The smallest absolute Gasteiger partial charge is 0.137 e. The van der Waals surface area contributed by atoms with E-state index in [0.717, 1.165) is 25.2 Å². The molecule has 6 rings (SSSR count). The lowest BCUT2D eigenvalue weighted by Crippen LogP contribution is -2.62. The summed E-state index contributed by atoms with van der Waals surface area (Å²) in [6, 6.07) is 7.56. The van der Waals surface area contributed by atoms with Crippen molar-refractivity contribution in [3.05, 3.63) is 34.9 Å². The van der Waals surface area contributed by atoms with Crippen molar-refractivity contribution in [3.63, 3.8) is 0 Å². The molecule has 1 aliphatic heterocycles. The molecule has 1 N–H and O–H groups in total. The van der Waals surface area contributed by atoms with Crippen molar-refractivity contribution < 1.29 is 4.79 Å². The van der Waals surface area contributed by atoms with Gasteiger partial charge in [0.25, 0.3) is 0 Å². The Kier molecular flexibility index (Phi) is 1.53. The van der Waals surface area contributed by atoms with Gasteiger partial charge in [-0.2, -0.15) is 0 Å². The largest absolute Gasteiger partial charge is 0.312 e. The number of carbonyl (C=O) groups is 1. The second kappa shape index (κ2) is 2.89. The molecule has 20 heavy (non-hydrogen) atoms. The van der Waals surface area contributed by atoms with Gasteiger partial charge in [-0.05, 0) is 48.3 Å². The van der Waals surface area contributed by atoms with Crippen LogP contribution in [-0.2, 0) is 23.1 Å². The van der Waals surface area contributed by atoms with Crippen LogP contribution >= 0.6 is 0 Å². The Labute approximate surface area is 118 Å². The van der Waals surface area contributed by atoms with Gasteiger partial charge in [-0.25, -0.2) is 0 Å². The lowest BCUT2D eigenvalue weighted by molar-refractivity contribution is -0.128. The maximum atomic E-state index is 12.6. The summed E-state index contributed by atoms with van der Waals surface area (Å²) in [6.07, 6.45) is 5.54. The number of Topliss-reactive ketones (excluding diaryl/α,β-unsaturated/α-hetero) is 1. The van der Waals surface area contributed by atoms with E-state index in [4.69, 9.17) is 0 Å². The standard InChI is InChI=1S/C18H19NO/c20-14-5-4-12-16-17(9-19-16)7-11-3-1-2-10-6-13(14)18(12,8-17)15(10)11/h1-3,12-13,16,19H,4-9H2. The molecular formula is C18H19NO. The van der Waals surface area contributed by atoms with Crippen LogP contribution in [0.4, 0.5) is 0 Å². The van der Waals surface area contributed by atoms with E-state index in [9.17, 15) is 4.79 Å². The Hall–Kier alpha value is -1.15. The third-order valence-corrected chi connectivity index (χ3v) is 7.42. The van der Waals surface area contributed by atoms with Crippen LogP contribution in [0.5, 0.6) is 0 Å². The molecule has 0 amide bonds. The molecule has 2 saturated carbocycles. The molecule has 5 atom stereocenters. The van der Waals surface area contributed by atoms with Gasteiger partial charge in [0.1, 0.15) is 5.78 Å². The minimum atomic E-state index is 0.230. The van der Waals surface area contributed by atoms with E-state index in [1.165, 1.54) is 24.9 Å². The van der Waals surface area contributed by atoms with Crippen LogP contribution in [0.15, 0.2) is 18.2 Å². The second-order valence-corrected chi connectivity index (χ2v) is 7.93. The predicted molar refractivity (Wildman–Crippen MR) is 75.6 cm³/mol. The highest BCUT2D eigenvalue weighted by atomic mass is 16.1. The predicted octanol–water partition coefficient (Wildman–Crippen LogP) is 1.99. The lowest BCUT2D eigenvalue weighted by atomic mass is 9.58. The minimum absolute atomic E-state index is 0.230. The SMILES string of the molecule is O=C1CCC2C3NCC34Cc3cccc5c3C2(C4)C1C5. The van der Waals surface area contributed by atoms with Crippen molar-refractivity contribution in [2.24, 2.45) is 17.3 Å². The van der Waals surface area contributed by atoms with Gasteiger partial charge in [-0.3, -0.25) is 4.79 Å². The number of rotatable bonds is 0. The molecule has 2 spiro atoms. The number of carbonyl (C=O) groups excluding carboxylic acids is 1. The van der Waals surface area contributed by atoms with Gasteiger partial charge in [-0.1, -0.05) is 18.2 Å². The molecule has 1 aromatic rings. The van der Waals surface area contributed by atoms with Gasteiger partial charge in [-0.15, -0.1) is 0 Å². The summed E-state index contributed by atoms with van der Waals surface area (Å²) < 4.78 is 0. The minimum Gasteiger partial charge on any atom is -0.312 e. The van der Waals surface area contributed by atoms with E-state index in [0.29, 0.717) is 23.2 Å². The fraction of sp³-hybridized carbons (Fsp3) is 0.611. The molecule has 2 bridgehead atoms. The molecule has 4 aliphatic carbocycles. The molecule has 102 valence electrons. The summed E-state index contributed by atoms with van der Waals surface area (Å²) >= 11 is 0. The van der Waals surface area contributed by atoms with Crippen molar-refractivity contribution in [3.8, 4) is 0 Å². The molecule has 0 radical (unpaired) electrons. The molecule has 2 nitrogen and oxygen atoms in total. The zero-order valence-corrected chi connectivity index (χ0v) is 11.6. The fourth-order valence-electron chi connectivity index (χ4n) is 6.97. The second-order valence-electron chi connectivity index (χ2n) is 7.93. The molecule has 1 saturated heterocycles. The highest BCUT2D eigenvalue weighted by Crippen LogP contribution is 2.71. The summed E-state index contributed by atoms with van der Waals surface area (Å²) in [6.45, 7) is 1.18. The topological polar surface area (TPSA) is 29.1 Å². The number of fused-ring (bicyclic) bond motifs is 1. The van der Waals surface area contributed by atoms with E-state index in [2.05, 4.69) is 23.5 Å². The Bertz CT molecular complexity index is 680. The first kappa shape index (κ1) is 10.6. The van der Waals surface area contributed by atoms with Crippen LogP contribution in [0.2, 0.25) is 0 Å². The van der Waals surface area contributed by atoms with Gasteiger partial charge in [0.2, 0.25) is 0 Å². The number of hydrogen-bond donors (Lipinski definition) is 1. The van der Waals surface area contributed by atoms with Crippen LogP contribution in [0.3, 0.4) is 0 Å². The molecule has 5 unspecified atom stereocenters. The Morgan fingerprint density at radius 3 is 3.00 bits per heavy atom. The first-order valence-electron chi connectivity index (χ1n) is 8.12. The Balaban J connectivity index is 1.72. The van der Waals surface area contributed by atoms with Gasteiger partial charge in [0, 0.05) is 35.8 Å². The number of benzene rings is 1. The quantitative estimate of drug-likeness (QED) is 0.777. The molecule has 2 heteroatoms. The van der Waals surface area contributed by atoms with Gasteiger partial charge >= 0.3 is 0 Å². The van der Waals surface area contributed by atoms with E-state index in [1.807, 2.05) is 0 Å². The monoisotopic (exact) mass is 265 g/mol. The average Bonchev–Trinajstić information content (AvgIpc) is 2.85. The van der Waals surface area contributed by atoms with Crippen molar-refractivity contribution in [1.82, 2.24) is 5.32 Å². The highest BCUT2D eigenvalue weighted by Gasteiger charge is 2.73. The average molecular weight is 265 g/mol. The number of hydrogen-bond acceptors (Lipinski definition) is 2. The van der Waals surface area contributed by atoms with E-state index in [1.54, 1.807) is 11.1 Å². The number of nitrogens with one attached hydrogen (secondary N) is 1. The molecule has 0 aromatic heterocycles. The molecule has 1 aromatic carbocycles. The van der Waals surface area contributed by atoms with Crippen LogP contribution in [0.1, 0.15) is 36.0 Å². The van der Waals surface area contributed by atoms with Crippen LogP contribution in [0, 0.1) is 17.3 Å². The van der Waals surface area contributed by atoms with Crippen LogP contribution in [0.25, 0.3) is 0 Å². The molecule has 5 aliphatic rings. The van der Waals surface area contributed by atoms with E-state index >= 15 is 0 Å². The van der Waals surface area contributed by atoms with Crippen LogP contribution in [-0.4, -0.2) is 18.4 Å². The first-order chi connectivity index (χ1) is 9.75. The van der Waals surface area contributed by atoms with Gasteiger partial charge < -0.3 is 5.32 Å². The third kappa shape index (κ3) is 0.843. The van der Waals surface area contributed by atoms with Crippen molar-refractivity contribution in [2.45, 2.75) is 43.6 Å². The maximum absolute atomic E-state index is 12.6. The lowest BCUT2D eigenvalue weighted by Gasteiger charge is -2.49. The van der Waals surface area contributed by atoms with Crippen molar-refractivity contribution >= 4 is 5.78 Å². The third-order valence-electron chi connectivity index (χ3n) is 7.42. The maximum Gasteiger partial charge on any atom is 0.137 e. The van der Waals surface area contributed by atoms with E-state index in [-0.39, 0.29) is 5.41 Å². The van der Waals surface area contributed by atoms with Crippen molar-refractivity contribution in [1.29, 1.82) is 0 Å². The molecule has 3 fully saturated rings. The Morgan fingerprint density at radius 1 is 1.25 bits per heavy atom.